The number of nitriles is 1. The van der Waals surface area contributed by atoms with E-state index >= 15 is 0 Å². The van der Waals surface area contributed by atoms with E-state index in [1.807, 2.05) is 13.0 Å². The molecule has 0 aromatic carbocycles. The summed E-state index contributed by atoms with van der Waals surface area (Å²) in [4.78, 5) is 3.75. The third-order valence-electron chi connectivity index (χ3n) is 1.80. The highest BCUT2D eigenvalue weighted by molar-refractivity contribution is 6.32. The van der Waals surface area contributed by atoms with Gasteiger partial charge in [0, 0.05) is 5.56 Å². The highest BCUT2D eigenvalue weighted by Crippen LogP contribution is 2.28. The molecular weight excluding hydrogens is 188 g/mol. The van der Waals surface area contributed by atoms with E-state index in [9.17, 15) is 0 Å². The van der Waals surface area contributed by atoms with Gasteiger partial charge in [-0.1, -0.05) is 18.5 Å². The Balaban J connectivity index is 3.50. The maximum atomic E-state index is 8.66. The maximum absolute atomic E-state index is 8.66. The molecule has 0 radical (unpaired) electrons. The molecule has 0 aliphatic heterocycles. The number of pyridine rings is 1. The van der Waals surface area contributed by atoms with Gasteiger partial charge in [-0.2, -0.15) is 5.26 Å². The van der Waals surface area contributed by atoms with E-state index in [4.69, 9.17) is 28.3 Å². The van der Waals surface area contributed by atoms with Crippen molar-refractivity contribution in [2.24, 2.45) is 0 Å². The summed E-state index contributed by atoms with van der Waals surface area (Å²) in [7, 11) is 0. The minimum atomic E-state index is 0.135. The molecule has 4 nitrogen and oxygen atoms in total. The standard InChI is InChI=1S/C8H9ClN4/c1-2-4-6(11)5(3-10)13-8(9)7(4)12/h2,11-12H2,1H3. The van der Waals surface area contributed by atoms with Gasteiger partial charge in [-0.15, -0.1) is 0 Å². The first-order valence-corrected chi connectivity index (χ1v) is 4.13. The predicted molar refractivity (Wildman–Crippen MR) is 52.2 cm³/mol. The Morgan fingerprint density at radius 1 is 1.46 bits per heavy atom. The molecule has 68 valence electrons. The predicted octanol–water partition coefficient (Wildman–Crippen LogP) is 1.33. The molecule has 0 unspecified atom stereocenters. The van der Waals surface area contributed by atoms with Gasteiger partial charge in [0.25, 0.3) is 0 Å². The molecule has 5 heteroatoms. The van der Waals surface area contributed by atoms with Crippen LogP contribution in [0.5, 0.6) is 0 Å². The second kappa shape index (κ2) is 3.50. The van der Waals surface area contributed by atoms with Crippen LogP contribution >= 0.6 is 11.6 Å². The summed E-state index contributed by atoms with van der Waals surface area (Å²) in [5.41, 5.74) is 12.8. The lowest BCUT2D eigenvalue weighted by Gasteiger charge is -2.08. The molecule has 0 aliphatic rings. The van der Waals surface area contributed by atoms with Crippen LogP contribution in [0.1, 0.15) is 18.2 Å². The summed E-state index contributed by atoms with van der Waals surface area (Å²) < 4.78 is 0. The van der Waals surface area contributed by atoms with E-state index in [0.29, 0.717) is 23.4 Å². The Morgan fingerprint density at radius 3 is 2.54 bits per heavy atom. The van der Waals surface area contributed by atoms with Crippen molar-refractivity contribution in [2.45, 2.75) is 13.3 Å². The average molecular weight is 197 g/mol. The van der Waals surface area contributed by atoms with Crippen molar-refractivity contribution in [2.75, 3.05) is 11.5 Å². The van der Waals surface area contributed by atoms with Gasteiger partial charge in [0.2, 0.25) is 0 Å². The number of anilines is 2. The monoisotopic (exact) mass is 196 g/mol. The molecule has 13 heavy (non-hydrogen) atoms. The van der Waals surface area contributed by atoms with Crippen LogP contribution in [0.25, 0.3) is 0 Å². The Labute approximate surface area is 81.1 Å². The van der Waals surface area contributed by atoms with Crippen molar-refractivity contribution in [3.63, 3.8) is 0 Å². The summed E-state index contributed by atoms with van der Waals surface area (Å²) in [6.45, 7) is 1.89. The zero-order valence-corrected chi connectivity index (χ0v) is 7.89. The van der Waals surface area contributed by atoms with E-state index < -0.39 is 0 Å². The molecule has 1 rings (SSSR count). The lowest BCUT2D eigenvalue weighted by Crippen LogP contribution is -2.05. The van der Waals surface area contributed by atoms with Crippen LogP contribution in [0.15, 0.2) is 0 Å². The van der Waals surface area contributed by atoms with Gasteiger partial charge < -0.3 is 11.5 Å². The van der Waals surface area contributed by atoms with Crippen LogP contribution in [-0.2, 0) is 6.42 Å². The Morgan fingerprint density at radius 2 is 2.08 bits per heavy atom. The molecule has 4 N–H and O–H groups in total. The average Bonchev–Trinajstić information content (AvgIpc) is 2.12. The molecule has 0 atom stereocenters. The van der Waals surface area contributed by atoms with Crippen LogP contribution < -0.4 is 11.5 Å². The van der Waals surface area contributed by atoms with Crippen molar-refractivity contribution in [3.8, 4) is 6.07 Å². The maximum Gasteiger partial charge on any atom is 0.165 e. The fourth-order valence-corrected chi connectivity index (χ4v) is 1.30. The lowest BCUT2D eigenvalue weighted by atomic mass is 10.1. The van der Waals surface area contributed by atoms with Gasteiger partial charge in [-0.3, -0.25) is 0 Å². The third kappa shape index (κ3) is 1.51. The number of halogens is 1. The molecule has 0 saturated heterocycles. The van der Waals surface area contributed by atoms with E-state index in [-0.39, 0.29) is 10.8 Å². The molecular formula is C8H9ClN4. The van der Waals surface area contributed by atoms with Gasteiger partial charge in [-0.25, -0.2) is 4.98 Å². The van der Waals surface area contributed by atoms with Crippen LogP contribution in [0.2, 0.25) is 5.15 Å². The minimum Gasteiger partial charge on any atom is -0.396 e. The van der Waals surface area contributed by atoms with Gasteiger partial charge >= 0.3 is 0 Å². The highest BCUT2D eigenvalue weighted by Gasteiger charge is 2.12. The van der Waals surface area contributed by atoms with Crippen molar-refractivity contribution in [3.05, 3.63) is 16.4 Å². The summed E-state index contributed by atoms with van der Waals surface area (Å²) in [5.74, 6) is 0. The van der Waals surface area contributed by atoms with Gasteiger partial charge in [0.1, 0.15) is 6.07 Å². The Kier molecular flexibility index (Phi) is 2.59. The summed E-state index contributed by atoms with van der Waals surface area (Å²) in [6, 6.07) is 1.86. The van der Waals surface area contributed by atoms with Crippen molar-refractivity contribution in [1.29, 1.82) is 5.26 Å². The first-order valence-electron chi connectivity index (χ1n) is 3.75. The van der Waals surface area contributed by atoms with Crippen molar-refractivity contribution >= 4 is 23.0 Å². The summed E-state index contributed by atoms with van der Waals surface area (Å²) >= 11 is 5.71. The minimum absolute atomic E-state index is 0.135. The number of nitrogen functional groups attached to an aromatic ring is 2. The van der Waals surface area contributed by atoms with Crippen molar-refractivity contribution in [1.82, 2.24) is 4.98 Å². The van der Waals surface area contributed by atoms with E-state index in [1.165, 1.54) is 0 Å². The van der Waals surface area contributed by atoms with E-state index in [2.05, 4.69) is 4.98 Å². The van der Waals surface area contributed by atoms with Gasteiger partial charge in [-0.05, 0) is 6.42 Å². The molecule has 0 aliphatic carbocycles. The molecule has 0 amide bonds. The zero-order valence-electron chi connectivity index (χ0n) is 7.13. The van der Waals surface area contributed by atoms with E-state index in [0.717, 1.165) is 0 Å². The van der Waals surface area contributed by atoms with Crippen LogP contribution in [-0.4, -0.2) is 4.98 Å². The Hall–Kier alpha value is -1.47. The Bertz CT molecular complexity index is 381. The van der Waals surface area contributed by atoms with Crippen LogP contribution in [0.4, 0.5) is 11.4 Å². The molecule has 0 spiro atoms. The molecule has 1 aromatic heterocycles. The fourth-order valence-electron chi connectivity index (χ4n) is 1.10. The van der Waals surface area contributed by atoms with E-state index in [1.54, 1.807) is 0 Å². The second-order valence-corrected chi connectivity index (χ2v) is 2.88. The lowest BCUT2D eigenvalue weighted by molar-refractivity contribution is 1.12. The molecule has 0 bridgehead atoms. The first kappa shape index (κ1) is 9.62. The quantitative estimate of drug-likeness (QED) is 0.664. The number of aromatic nitrogens is 1. The SMILES string of the molecule is CCc1c(N)c(Cl)nc(C#N)c1N. The largest absolute Gasteiger partial charge is 0.396 e. The summed E-state index contributed by atoms with van der Waals surface area (Å²) in [5, 5.41) is 8.80. The van der Waals surface area contributed by atoms with Crippen LogP contribution in [0.3, 0.4) is 0 Å². The zero-order chi connectivity index (χ0) is 10.0. The second-order valence-electron chi connectivity index (χ2n) is 2.52. The smallest absolute Gasteiger partial charge is 0.165 e. The number of rotatable bonds is 1. The third-order valence-corrected chi connectivity index (χ3v) is 2.09. The first-order chi connectivity index (χ1) is 6.11. The normalized spacial score (nSPS) is 9.62. The molecule has 1 heterocycles. The van der Waals surface area contributed by atoms with Crippen molar-refractivity contribution < 1.29 is 0 Å². The topological polar surface area (TPSA) is 88.7 Å². The molecule has 1 aromatic rings. The number of nitrogens with two attached hydrogens (primary N) is 2. The van der Waals surface area contributed by atoms with Crippen LogP contribution in [0, 0.1) is 11.3 Å². The number of nitrogens with zero attached hydrogens (tertiary/aromatic N) is 2. The fraction of sp³-hybridized carbons (Fsp3) is 0.250. The molecule has 0 saturated carbocycles. The summed E-state index contributed by atoms with van der Waals surface area (Å²) in [6.07, 6.45) is 0.634. The highest BCUT2D eigenvalue weighted by atomic mass is 35.5. The van der Waals surface area contributed by atoms with Gasteiger partial charge in [0.05, 0.1) is 11.4 Å². The number of hydrogen-bond donors (Lipinski definition) is 2. The molecule has 0 fully saturated rings. The number of hydrogen-bond acceptors (Lipinski definition) is 4. The van der Waals surface area contributed by atoms with Gasteiger partial charge in [0.15, 0.2) is 10.8 Å².